The molecular weight excluding hydrogens is 566 g/mol. The number of sulfonamides is 1. The summed E-state index contributed by atoms with van der Waals surface area (Å²) in [5, 5.41) is 3.44. The summed E-state index contributed by atoms with van der Waals surface area (Å²) in [6.07, 6.45) is 3.03. The van der Waals surface area contributed by atoms with Crippen LogP contribution in [0.3, 0.4) is 0 Å². The van der Waals surface area contributed by atoms with Gasteiger partial charge in [0.15, 0.2) is 0 Å². The van der Waals surface area contributed by atoms with E-state index in [1.165, 1.54) is 16.7 Å². The van der Waals surface area contributed by atoms with E-state index < -0.39 is 28.5 Å². The van der Waals surface area contributed by atoms with Gasteiger partial charge in [-0.15, -0.1) is 11.8 Å². The van der Waals surface area contributed by atoms with Gasteiger partial charge in [0.25, 0.3) is 10.0 Å². The highest BCUT2D eigenvalue weighted by Crippen LogP contribution is 2.27. The maximum atomic E-state index is 14.0. The smallest absolute Gasteiger partial charge is 0.264 e. The fraction of sp³-hybridized carbons (Fsp3) is 0.333. The molecule has 10 heteroatoms. The molecule has 214 valence electrons. The van der Waals surface area contributed by atoms with Crippen LogP contribution in [0.25, 0.3) is 0 Å². The maximum absolute atomic E-state index is 14.0. The third-order valence-corrected chi connectivity index (χ3v) is 9.23. The molecule has 0 heterocycles. The number of thioether (sulfide) groups is 1. The monoisotopic (exact) mass is 601 g/mol. The van der Waals surface area contributed by atoms with Crippen molar-refractivity contribution in [1.82, 2.24) is 10.2 Å². The van der Waals surface area contributed by atoms with Crippen LogP contribution in [0.4, 0.5) is 5.69 Å². The summed E-state index contributed by atoms with van der Waals surface area (Å²) in [5.74, 6) is -0.762. The lowest BCUT2D eigenvalue weighted by Gasteiger charge is -2.33. The SMILES string of the molecule is CCCNC(=O)C(CC)N(Cc1ccc(Cl)cc1)C(=O)CN(c1ccc(C)cc1)S(=O)(=O)c1ccc(SC)cc1. The van der Waals surface area contributed by atoms with Crippen molar-refractivity contribution in [1.29, 1.82) is 0 Å². The first-order valence-electron chi connectivity index (χ1n) is 13.2. The summed E-state index contributed by atoms with van der Waals surface area (Å²) >= 11 is 7.57. The van der Waals surface area contributed by atoms with Crippen molar-refractivity contribution < 1.29 is 18.0 Å². The Labute approximate surface area is 247 Å². The minimum Gasteiger partial charge on any atom is -0.354 e. The molecule has 1 unspecified atom stereocenters. The molecule has 3 aromatic carbocycles. The summed E-state index contributed by atoms with van der Waals surface area (Å²) in [4.78, 5) is 29.6. The molecule has 7 nitrogen and oxygen atoms in total. The van der Waals surface area contributed by atoms with E-state index in [4.69, 9.17) is 11.6 Å². The average molecular weight is 602 g/mol. The maximum Gasteiger partial charge on any atom is 0.264 e. The molecule has 0 spiro atoms. The third kappa shape index (κ3) is 8.02. The number of carbonyl (C=O) groups excluding carboxylic acids is 2. The van der Waals surface area contributed by atoms with E-state index in [0.29, 0.717) is 23.7 Å². The lowest BCUT2D eigenvalue weighted by molar-refractivity contribution is -0.140. The molecule has 0 aliphatic heterocycles. The first-order chi connectivity index (χ1) is 19.1. The van der Waals surface area contributed by atoms with Crippen molar-refractivity contribution in [2.45, 2.75) is 56.0 Å². The largest absolute Gasteiger partial charge is 0.354 e. The lowest BCUT2D eigenvalue weighted by atomic mass is 10.1. The highest BCUT2D eigenvalue weighted by Gasteiger charge is 2.33. The summed E-state index contributed by atoms with van der Waals surface area (Å²) in [6, 6.07) is 19.8. The topological polar surface area (TPSA) is 86.8 Å². The molecule has 1 N–H and O–H groups in total. The molecule has 0 saturated carbocycles. The molecular formula is C30H36ClN3O4S2. The Bertz CT molecular complexity index is 1380. The number of halogens is 1. The Kier molecular flexibility index (Phi) is 11.5. The number of hydrogen-bond acceptors (Lipinski definition) is 5. The van der Waals surface area contributed by atoms with E-state index in [2.05, 4.69) is 5.32 Å². The van der Waals surface area contributed by atoms with Gasteiger partial charge < -0.3 is 10.2 Å². The fourth-order valence-corrected chi connectivity index (χ4v) is 6.14. The van der Waals surface area contributed by atoms with E-state index in [0.717, 1.165) is 26.7 Å². The van der Waals surface area contributed by atoms with E-state index in [1.807, 2.05) is 27.0 Å². The molecule has 0 aromatic heterocycles. The zero-order valence-electron chi connectivity index (χ0n) is 23.3. The average Bonchev–Trinajstić information content (AvgIpc) is 2.96. The van der Waals surface area contributed by atoms with Gasteiger partial charge in [0.2, 0.25) is 11.8 Å². The molecule has 0 aliphatic carbocycles. The minimum atomic E-state index is -4.11. The number of rotatable bonds is 13. The van der Waals surface area contributed by atoms with Crippen molar-refractivity contribution >= 4 is 50.9 Å². The Balaban J connectivity index is 2.04. The second-order valence-electron chi connectivity index (χ2n) is 9.39. The first kappa shape index (κ1) is 31.5. The standard InChI is InChI=1S/C30H36ClN3O4S2/c1-5-19-32-30(36)28(6-2)33(20-23-9-11-24(31)12-10-23)29(35)21-34(25-13-7-22(3)8-14-25)40(37,38)27-17-15-26(39-4)16-18-27/h7-18,28H,5-6,19-21H2,1-4H3,(H,32,36). The number of aryl methyl sites for hydroxylation is 1. The molecule has 0 fully saturated rings. The molecule has 3 rings (SSSR count). The van der Waals surface area contributed by atoms with Gasteiger partial charge >= 0.3 is 0 Å². The van der Waals surface area contributed by atoms with Crippen molar-refractivity contribution in [3.63, 3.8) is 0 Å². The molecule has 2 amide bonds. The van der Waals surface area contributed by atoms with Gasteiger partial charge in [0, 0.05) is 23.0 Å². The van der Waals surface area contributed by atoms with Crippen LogP contribution in [0.1, 0.15) is 37.8 Å². The van der Waals surface area contributed by atoms with Crippen molar-refractivity contribution in [2.75, 3.05) is 23.7 Å². The Morgan fingerprint density at radius 1 is 0.950 bits per heavy atom. The highest BCUT2D eigenvalue weighted by atomic mass is 35.5. The predicted molar refractivity (Wildman–Crippen MR) is 163 cm³/mol. The third-order valence-electron chi connectivity index (χ3n) is 6.45. The fourth-order valence-electron chi connectivity index (χ4n) is 4.19. The van der Waals surface area contributed by atoms with Gasteiger partial charge in [-0.2, -0.15) is 0 Å². The van der Waals surface area contributed by atoms with Gasteiger partial charge in [-0.05, 0) is 80.1 Å². The summed E-state index contributed by atoms with van der Waals surface area (Å²) in [6.45, 7) is 5.82. The highest BCUT2D eigenvalue weighted by molar-refractivity contribution is 7.98. The zero-order chi connectivity index (χ0) is 29.3. The van der Waals surface area contributed by atoms with E-state index in [9.17, 15) is 18.0 Å². The van der Waals surface area contributed by atoms with Gasteiger partial charge in [-0.1, -0.05) is 55.3 Å². The summed E-state index contributed by atoms with van der Waals surface area (Å²) in [5.41, 5.74) is 2.10. The number of nitrogens with one attached hydrogen (secondary N) is 1. The van der Waals surface area contributed by atoms with Crippen LogP contribution >= 0.6 is 23.4 Å². The number of hydrogen-bond donors (Lipinski definition) is 1. The van der Waals surface area contributed by atoms with Gasteiger partial charge in [0.05, 0.1) is 10.6 Å². The second-order valence-corrected chi connectivity index (χ2v) is 12.6. The molecule has 0 aliphatic rings. The van der Waals surface area contributed by atoms with Crippen molar-refractivity contribution in [3.05, 3.63) is 88.9 Å². The number of carbonyl (C=O) groups is 2. The molecule has 3 aromatic rings. The molecule has 0 saturated heterocycles. The van der Waals surface area contributed by atoms with Crippen LogP contribution in [-0.2, 0) is 26.2 Å². The van der Waals surface area contributed by atoms with E-state index >= 15 is 0 Å². The number of amides is 2. The van der Waals surface area contributed by atoms with Crippen molar-refractivity contribution in [2.24, 2.45) is 0 Å². The normalized spacial score (nSPS) is 12.0. The quantitative estimate of drug-likeness (QED) is 0.247. The van der Waals surface area contributed by atoms with E-state index in [1.54, 1.807) is 72.8 Å². The van der Waals surface area contributed by atoms with Crippen LogP contribution in [0, 0.1) is 6.92 Å². The predicted octanol–water partition coefficient (Wildman–Crippen LogP) is 5.90. The van der Waals surface area contributed by atoms with Gasteiger partial charge in [-0.25, -0.2) is 8.42 Å². The van der Waals surface area contributed by atoms with Crippen LogP contribution < -0.4 is 9.62 Å². The molecule has 1 atom stereocenters. The number of nitrogens with zero attached hydrogens (tertiary/aromatic N) is 2. The Morgan fingerprint density at radius 3 is 2.12 bits per heavy atom. The second kappa shape index (κ2) is 14.6. The summed E-state index contributed by atoms with van der Waals surface area (Å²) in [7, 11) is -4.11. The lowest BCUT2D eigenvalue weighted by Crippen LogP contribution is -2.52. The first-order valence-corrected chi connectivity index (χ1v) is 16.2. The van der Waals surface area contributed by atoms with Gasteiger partial charge in [0.1, 0.15) is 12.6 Å². The van der Waals surface area contributed by atoms with Crippen LogP contribution in [-0.4, -0.2) is 50.5 Å². The Morgan fingerprint density at radius 2 is 1.57 bits per heavy atom. The van der Waals surface area contributed by atoms with Crippen molar-refractivity contribution in [3.8, 4) is 0 Å². The molecule has 40 heavy (non-hydrogen) atoms. The van der Waals surface area contributed by atoms with Gasteiger partial charge in [-0.3, -0.25) is 13.9 Å². The number of anilines is 1. The summed E-state index contributed by atoms with van der Waals surface area (Å²) < 4.78 is 29.0. The van der Waals surface area contributed by atoms with Crippen LogP contribution in [0.5, 0.6) is 0 Å². The van der Waals surface area contributed by atoms with Crippen LogP contribution in [0.15, 0.2) is 82.6 Å². The number of benzene rings is 3. The Hall–Kier alpha value is -3.01. The van der Waals surface area contributed by atoms with E-state index in [-0.39, 0.29) is 17.3 Å². The molecule has 0 bridgehead atoms. The van der Waals surface area contributed by atoms with Crippen LogP contribution in [0.2, 0.25) is 5.02 Å². The molecule has 0 radical (unpaired) electrons. The minimum absolute atomic E-state index is 0.0793. The zero-order valence-corrected chi connectivity index (χ0v) is 25.7.